The fraction of sp³-hybridized carbons (Fsp3) is 0.711. The number of aromatic carboxylic acids is 1. The summed E-state index contributed by atoms with van der Waals surface area (Å²) in [7, 11) is 0. The van der Waals surface area contributed by atoms with Crippen molar-refractivity contribution >= 4 is 41.5 Å². The molecule has 9 N–H and O–H groups in total. The van der Waals surface area contributed by atoms with E-state index in [9.17, 15) is 38.7 Å². The number of carboxylic acid groups (broad SMARTS) is 2. The maximum atomic E-state index is 12.3. The average molecular weight is 925 g/mol. The topological polar surface area (TPSA) is 292 Å². The standard InChI is InChI=1S/C45H76N6O14/c1-2-3-22-50-43(56)37(46)14-11-12-23-47-41(54)33-63-31-30-62-28-25-49-42(55)34-64-32-29-61-27-24-48-39(52)21-20-38(45(59)60)51-40(53)15-10-8-6-4-5-7-9-13-26-65-36-18-16-35(17-19-36)44(57)58/h16-19,37-38H,2-15,20-34,46H2,1H3,(H,47,54)(H,48,52)(H,49,55)(H,50,56)(H,51,53)(H,57,58)(H,59,60). The Labute approximate surface area is 383 Å². The van der Waals surface area contributed by atoms with Crippen molar-refractivity contribution < 1.29 is 67.5 Å². The highest BCUT2D eigenvalue weighted by atomic mass is 16.5. The van der Waals surface area contributed by atoms with Crippen LogP contribution >= 0.6 is 0 Å². The molecule has 1 aromatic rings. The zero-order valence-electron chi connectivity index (χ0n) is 38.3. The van der Waals surface area contributed by atoms with Crippen LogP contribution in [0, 0.1) is 0 Å². The lowest BCUT2D eigenvalue weighted by atomic mass is 10.1. The Balaban J connectivity index is 1.92. The lowest BCUT2D eigenvalue weighted by Crippen LogP contribution is -2.41. The number of amides is 5. The van der Waals surface area contributed by atoms with E-state index in [1.807, 2.05) is 6.92 Å². The SMILES string of the molecule is CCCCNC(=O)C(N)CCCCNC(=O)COCCOCCNC(=O)COCCOCCNC(=O)CCC(NC(=O)CCCCCCCCCCOc1ccc(C(=O)O)cc1)C(=O)O. The number of ether oxygens (including phenoxy) is 5. The number of carbonyl (C=O) groups excluding carboxylic acids is 5. The van der Waals surface area contributed by atoms with Crippen LogP contribution in [0.5, 0.6) is 5.75 Å². The van der Waals surface area contributed by atoms with E-state index < -0.39 is 24.0 Å². The highest BCUT2D eigenvalue weighted by Crippen LogP contribution is 2.14. The normalized spacial score (nSPS) is 11.8. The molecule has 5 amide bonds. The maximum Gasteiger partial charge on any atom is 0.335 e. The van der Waals surface area contributed by atoms with Gasteiger partial charge in [-0.1, -0.05) is 51.9 Å². The fourth-order valence-corrected chi connectivity index (χ4v) is 5.98. The maximum absolute atomic E-state index is 12.3. The Kier molecular flexibility index (Phi) is 35.3. The molecule has 2 atom stereocenters. The summed E-state index contributed by atoms with van der Waals surface area (Å²) in [6.07, 6.45) is 11.5. The molecule has 0 saturated heterocycles. The lowest BCUT2D eigenvalue weighted by Gasteiger charge is -2.14. The van der Waals surface area contributed by atoms with Gasteiger partial charge in [-0.25, -0.2) is 9.59 Å². The molecule has 0 bridgehead atoms. The van der Waals surface area contributed by atoms with Gasteiger partial charge in [0.05, 0.1) is 57.9 Å². The van der Waals surface area contributed by atoms with Crippen molar-refractivity contribution in [3.05, 3.63) is 29.8 Å². The van der Waals surface area contributed by atoms with Crippen molar-refractivity contribution in [3.8, 4) is 5.75 Å². The molecule has 20 heteroatoms. The van der Waals surface area contributed by atoms with Gasteiger partial charge in [0.15, 0.2) is 0 Å². The lowest BCUT2D eigenvalue weighted by molar-refractivity contribution is -0.142. The van der Waals surface area contributed by atoms with Crippen LogP contribution in [-0.2, 0) is 47.7 Å². The van der Waals surface area contributed by atoms with E-state index in [0.717, 1.165) is 64.2 Å². The number of carboxylic acids is 2. The quantitative estimate of drug-likeness (QED) is 0.0437. The molecule has 65 heavy (non-hydrogen) atoms. The third kappa shape index (κ3) is 34.2. The average Bonchev–Trinajstić information content (AvgIpc) is 3.28. The van der Waals surface area contributed by atoms with E-state index in [-0.39, 0.29) is 120 Å². The zero-order valence-corrected chi connectivity index (χ0v) is 38.3. The summed E-state index contributed by atoms with van der Waals surface area (Å²) in [6.45, 7) is 5.15. The second kappa shape index (κ2) is 39.5. The number of rotatable bonds is 43. The van der Waals surface area contributed by atoms with E-state index in [0.29, 0.717) is 44.7 Å². The van der Waals surface area contributed by atoms with Crippen molar-refractivity contribution in [2.24, 2.45) is 5.73 Å². The molecule has 1 rings (SSSR count). The molecule has 0 aromatic heterocycles. The molecule has 2 unspecified atom stereocenters. The summed E-state index contributed by atoms with van der Waals surface area (Å²) in [5.41, 5.74) is 6.11. The Bertz CT molecular complexity index is 1490. The van der Waals surface area contributed by atoms with Crippen LogP contribution in [0.25, 0.3) is 0 Å². The van der Waals surface area contributed by atoms with Crippen molar-refractivity contribution in [1.82, 2.24) is 26.6 Å². The highest BCUT2D eigenvalue weighted by molar-refractivity contribution is 5.87. The predicted molar refractivity (Wildman–Crippen MR) is 241 cm³/mol. The zero-order chi connectivity index (χ0) is 47.8. The molecular weight excluding hydrogens is 849 g/mol. The second-order valence-electron chi connectivity index (χ2n) is 15.4. The van der Waals surface area contributed by atoms with Gasteiger partial charge in [-0.3, -0.25) is 24.0 Å². The van der Waals surface area contributed by atoms with E-state index in [4.69, 9.17) is 34.5 Å². The number of hydrogen-bond donors (Lipinski definition) is 8. The number of hydrogen-bond acceptors (Lipinski definition) is 13. The van der Waals surface area contributed by atoms with Crippen LogP contribution in [-0.4, -0.2) is 149 Å². The van der Waals surface area contributed by atoms with Crippen molar-refractivity contribution in [3.63, 3.8) is 0 Å². The summed E-state index contributed by atoms with van der Waals surface area (Å²) in [4.78, 5) is 82.8. The van der Waals surface area contributed by atoms with Gasteiger partial charge >= 0.3 is 11.9 Å². The van der Waals surface area contributed by atoms with Crippen LogP contribution in [0.15, 0.2) is 24.3 Å². The second-order valence-corrected chi connectivity index (χ2v) is 15.4. The van der Waals surface area contributed by atoms with Crippen molar-refractivity contribution in [2.75, 3.05) is 85.6 Å². The summed E-state index contributed by atoms with van der Waals surface area (Å²) >= 11 is 0. The number of nitrogens with two attached hydrogens (primary N) is 1. The fourth-order valence-electron chi connectivity index (χ4n) is 5.98. The molecule has 0 aliphatic rings. The smallest absolute Gasteiger partial charge is 0.335 e. The molecule has 0 fully saturated rings. The number of nitrogens with one attached hydrogen (secondary N) is 5. The van der Waals surface area contributed by atoms with E-state index in [2.05, 4.69) is 26.6 Å². The van der Waals surface area contributed by atoms with Crippen LogP contribution in [0.4, 0.5) is 0 Å². The van der Waals surface area contributed by atoms with Gasteiger partial charge in [0.1, 0.15) is 25.0 Å². The molecule has 0 saturated carbocycles. The van der Waals surface area contributed by atoms with Crippen molar-refractivity contribution in [2.45, 2.75) is 122 Å². The molecule has 0 aliphatic heterocycles. The van der Waals surface area contributed by atoms with Gasteiger partial charge in [-0.2, -0.15) is 0 Å². The first kappa shape index (κ1) is 58.1. The first-order chi connectivity index (χ1) is 31.4. The summed E-state index contributed by atoms with van der Waals surface area (Å²) in [6, 6.07) is 4.62. The van der Waals surface area contributed by atoms with Crippen LogP contribution in [0.1, 0.15) is 120 Å². The highest BCUT2D eigenvalue weighted by Gasteiger charge is 2.21. The number of aliphatic carboxylic acids is 1. The Morgan fingerprint density at radius 2 is 1.08 bits per heavy atom. The third-order valence-electron chi connectivity index (χ3n) is 9.74. The van der Waals surface area contributed by atoms with Gasteiger partial charge in [-0.05, 0) is 69.2 Å². The summed E-state index contributed by atoms with van der Waals surface area (Å²) in [5, 5.41) is 31.9. The van der Waals surface area contributed by atoms with Crippen LogP contribution in [0.3, 0.4) is 0 Å². The monoisotopic (exact) mass is 925 g/mol. The molecule has 370 valence electrons. The van der Waals surface area contributed by atoms with Gasteiger partial charge in [0.25, 0.3) is 0 Å². The molecule has 0 spiro atoms. The minimum Gasteiger partial charge on any atom is -0.494 e. The molecule has 1 aromatic carbocycles. The molecule has 0 radical (unpaired) electrons. The van der Waals surface area contributed by atoms with Crippen LogP contribution < -0.4 is 37.1 Å². The van der Waals surface area contributed by atoms with Gasteiger partial charge < -0.3 is 66.2 Å². The van der Waals surface area contributed by atoms with Gasteiger partial charge in [0.2, 0.25) is 29.5 Å². The van der Waals surface area contributed by atoms with Gasteiger partial charge in [0, 0.05) is 39.0 Å². The minimum atomic E-state index is -1.20. The van der Waals surface area contributed by atoms with Crippen LogP contribution in [0.2, 0.25) is 0 Å². The third-order valence-corrected chi connectivity index (χ3v) is 9.74. The Hall–Kier alpha value is -4.89. The molecular formula is C45H76N6O14. The molecule has 20 nitrogen and oxygen atoms in total. The molecule has 0 aliphatic carbocycles. The Morgan fingerprint density at radius 3 is 1.66 bits per heavy atom. The number of benzene rings is 1. The molecule has 0 heterocycles. The van der Waals surface area contributed by atoms with Crippen molar-refractivity contribution in [1.29, 1.82) is 0 Å². The van der Waals surface area contributed by atoms with E-state index in [1.165, 1.54) is 12.1 Å². The van der Waals surface area contributed by atoms with E-state index >= 15 is 0 Å². The number of unbranched alkanes of at least 4 members (excludes halogenated alkanes) is 9. The predicted octanol–water partition coefficient (Wildman–Crippen LogP) is 2.45. The Morgan fingerprint density at radius 1 is 0.538 bits per heavy atom. The summed E-state index contributed by atoms with van der Waals surface area (Å²) in [5.74, 6) is -2.97. The first-order valence-electron chi connectivity index (χ1n) is 23.1. The minimum absolute atomic E-state index is 0.0467. The largest absolute Gasteiger partial charge is 0.494 e. The first-order valence-corrected chi connectivity index (χ1v) is 23.1. The number of carbonyl (C=O) groups is 7. The van der Waals surface area contributed by atoms with Gasteiger partial charge in [-0.15, -0.1) is 0 Å². The van der Waals surface area contributed by atoms with E-state index in [1.54, 1.807) is 12.1 Å². The summed E-state index contributed by atoms with van der Waals surface area (Å²) < 4.78 is 27.0.